The van der Waals surface area contributed by atoms with Gasteiger partial charge in [0.2, 0.25) is 0 Å². The topological polar surface area (TPSA) is 37.4 Å². The second-order valence-electron chi connectivity index (χ2n) is 7.17. The Hall–Kier alpha value is -2.70. The van der Waals surface area contributed by atoms with Crippen LogP contribution in [0.2, 0.25) is 0 Å². The minimum absolute atomic E-state index is 0.263. The van der Waals surface area contributed by atoms with Crippen LogP contribution in [0.3, 0.4) is 0 Å². The third-order valence-electron chi connectivity index (χ3n) is 4.89. The van der Waals surface area contributed by atoms with E-state index in [0.717, 1.165) is 30.8 Å². The van der Waals surface area contributed by atoms with Crippen LogP contribution < -0.4 is 10.1 Å². The van der Waals surface area contributed by atoms with Crippen molar-refractivity contribution in [1.82, 2.24) is 9.88 Å². The summed E-state index contributed by atoms with van der Waals surface area (Å²) in [5, 5.41) is 3.16. The number of nitrogens with zero attached hydrogens (tertiary/aromatic N) is 2. The Balaban J connectivity index is 1.81. The monoisotopic (exact) mass is 405 g/mol. The van der Waals surface area contributed by atoms with Crippen molar-refractivity contribution in [3.05, 3.63) is 58.8 Å². The molecule has 0 unspecified atom stereocenters. The molecule has 0 aliphatic carbocycles. The van der Waals surface area contributed by atoms with Gasteiger partial charge in [-0.1, -0.05) is 31.6 Å². The van der Waals surface area contributed by atoms with E-state index in [1.165, 1.54) is 16.8 Å². The summed E-state index contributed by atoms with van der Waals surface area (Å²) in [5.74, 6) is 1.14. The van der Waals surface area contributed by atoms with Gasteiger partial charge in [0.1, 0.15) is 11.6 Å². The molecule has 4 nitrogen and oxygen atoms in total. The number of hydrogen-bond acceptors (Lipinski definition) is 4. The standard InChI is InChI=1S/C22H26F3N3O/c1-4-5-6-19-17-9-10-27-21(26-3)18(17)13-28(19)12-16-7-8-20(15(2)11-16)29-14-22(23,24)25/h6-11H,4-5,12-14H2,1-3H3,(H,26,27). The minimum atomic E-state index is -4.34. The Kier molecular flexibility index (Phi) is 6.35. The summed E-state index contributed by atoms with van der Waals surface area (Å²) in [6.07, 6.45) is 1.75. The van der Waals surface area contributed by atoms with Crippen LogP contribution in [0, 0.1) is 6.92 Å². The van der Waals surface area contributed by atoms with Crippen LogP contribution in [0.4, 0.5) is 19.0 Å². The first-order valence-corrected chi connectivity index (χ1v) is 9.72. The van der Waals surface area contributed by atoms with Gasteiger partial charge in [-0.15, -0.1) is 0 Å². The maximum absolute atomic E-state index is 12.4. The van der Waals surface area contributed by atoms with Crippen molar-refractivity contribution in [2.75, 3.05) is 19.0 Å². The number of anilines is 1. The summed E-state index contributed by atoms with van der Waals surface area (Å²) >= 11 is 0. The first-order chi connectivity index (χ1) is 13.8. The molecule has 0 atom stereocenters. The summed E-state index contributed by atoms with van der Waals surface area (Å²) in [6, 6.07) is 7.38. The highest BCUT2D eigenvalue weighted by atomic mass is 19.4. The van der Waals surface area contributed by atoms with Crippen molar-refractivity contribution in [3.63, 3.8) is 0 Å². The van der Waals surface area contributed by atoms with E-state index in [1.54, 1.807) is 13.0 Å². The first kappa shape index (κ1) is 21.0. The van der Waals surface area contributed by atoms with Gasteiger partial charge in [0.05, 0.1) is 0 Å². The Morgan fingerprint density at radius 3 is 2.72 bits per heavy atom. The number of allylic oxidation sites excluding steroid dienone is 1. The minimum Gasteiger partial charge on any atom is -0.484 e. The van der Waals surface area contributed by atoms with Gasteiger partial charge in [-0.25, -0.2) is 4.98 Å². The SMILES string of the molecule is CCCC=C1c2ccnc(NC)c2CN1Cc1ccc(OCC(F)(F)F)c(C)c1. The molecule has 2 heterocycles. The van der Waals surface area contributed by atoms with Crippen LogP contribution in [0.1, 0.15) is 42.0 Å². The number of hydrogen-bond donors (Lipinski definition) is 1. The molecule has 0 spiro atoms. The normalized spacial score (nSPS) is 15.0. The van der Waals surface area contributed by atoms with Gasteiger partial charge >= 0.3 is 6.18 Å². The molecule has 0 saturated carbocycles. The molecule has 1 aliphatic heterocycles. The summed E-state index contributed by atoms with van der Waals surface area (Å²) in [6.45, 7) is 4.03. The van der Waals surface area contributed by atoms with Gasteiger partial charge in [-0.3, -0.25) is 0 Å². The van der Waals surface area contributed by atoms with E-state index >= 15 is 0 Å². The van der Waals surface area contributed by atoms with Gasteiger partial charge in [0.15, 0.2) is 6.61 Å². The summed E-state index contributed by atoms with van der Waals surface area (Å²) < 4.78 is 42.1. The number of ether oxygens (including phenoxy) is 1. The maximum atomic E-state index is 12.4. The number of nitrogens with one attached hydrogen (secondary N) is 1. The van der Waals surface area contributed by atoms with E-state index in [-0.39, 0.29) is 5.75 Å². The van der Waals surface area contributed by atoms with Gasteiger partial charge in [0, 0.05) is 43.2 Å². The molecule has 1 aromatic heterocycles. The van der Waals surface area contributed by atoms with Crippen LogP contribution in [-0.2, 0) is 13.1 Å². The molecule has 3 rings (SSSR count). The number of halogens is 3. The molecule has 156 valence electrons. The van der Waals surface area contributed by atoms with Crippen LogP contribution in [0.25, 0.3) is 5.70 Å². The Morgan fingerprint density at radius 1 is 1.28 bits per heavy atom. The van der Waals surface area contributed by atoms with Crippen molar-refractivity contribution < 1.29 is 17.9 Å². The van der Waals surface area contributed by atoms with Gasteiger partial charge < -0.3 is 15.0 Å². The smallest absolute Gasteiger partial charge is 0.422 e. The lowest BCUT2D eigenvalue weighted by Crippen LogP contribution is -2.19. The third-order valence-corrected chi connectivity index (χ3v) is 4.89. The van der Waals surface area contributed by atoms with Crippen molar-refractivity contribution in [2.45, 2.75) is 46.0 Å². The molecule has 29 heavy (non-hydrogen) atoms. The van der Waals surface area contributed by atoms with E-state index in [2.05, 4.69) is 28.2 Å². The van der Waals surface area contributed by atoms with Crippen molar-refractivity contribution >= 4 is 11.5 Å². The molecule has 1 aromatic carbocycles. The molecular formula is C22H26F3N3O. The molecule has 0 radical (unpaired) electrons. The summed E-state index contributed by atoms with van der Waals surface area (Å²) in [7, 11) is 1.86. The molecule has 7 heteroatoms. The molecule has 0 saturated heterocycles. The van der Waals surface area contributed by atoms with Gasteiger partial charge in [0.25, 0.3) is 0 Å². The van der Waals surface area contributed by atoms with Crippen LogP contribution in [0.15, 0.2) is 36.5 Å². The second kappa shape index (κ2) is 8.76. The predicted octanol–water partition coefficient (Wildman–Crippen LogP) is 5.53. The van der Waals surface area contributed by atoms with Crippen LogP contribution in [-0.4, -0.2) is 29.7 Å². The van der Waals surface area contributed by atoms with Gasteiger partial charge in [-0.05, 0) is 36.6 Å². The molecule has 2 aromatic rings. The predicted molar refractivity (Wildman–Crippen MR) is 109 cm³/mol. The average molecular weight is 405 g/mol. The lowest BCUT2D eigenvalue weighted by atomic mass is 10.1. The summed E-state index contributed by atoms with van der Waals surface area (Å²) in [4.78, 5) is 6.70. The summed E-state index contributed by atoms with van der Waals surface area (Å²) in [5.41, 5.74) is 5.24. The molecule has 0 amide bonds. The largest absolute Gasteiger partial charge is 0.484 e. The Morgan fingerprint density at radius 2 is 2.07 bits per heavy atom. The quantitative estimate of drug-likeness (QED) is 0.657. The number of rotatable bonds is 7. The lowest BCUT2D eigenvalue weighted by molar-refractivity contribution is -0.153. The van der Waals surface area contributed by atoms with E-state index in [9.17, 15) is 13.2 Å². The zero-order valence-corrected chi connectivity index (χ0v) is 16.9. The number of alkyl halides is 3. The number of aryl methyl sites for hydroxylation is 1. The van der Waals surface area contributed by atoms with E-state index in [1.807, 2.05) is 31.4 Å². The second-order valence-corrected chi connectivity index (χ2v) is 7.17. The molecule has 1 N–H and O–H groups in total. The molecule has 0 fully saturated rings. The molecule has 0 bridgehead atoms. The van der Waals surface area contributed by atoms with Gasteiger partial charge in [-0.2, -0.15) is 13.2 Å². The fourth-order valence-electron chi connectivity index (χ4n) is 3.57. The van der Waals surface area contributed by atoms with Crippen LogP contribution in [0.5, 0.6) is 5.75 Å². The highest BCUT2D eigenvalue weighted by molar-refractivity contribution is 5.74. The first-order valence-electron chi connectivity index (χ1n) is 9.72. The average Bonchev–Trinajstić information content (AvgIpc) is 3.02. The van der Waals surface area contributed by atoms with Crippen molar-refractivity contribution in [3.8, 4) is 5.75 Å². The van der Waals surface area contributed by atoms with Crippen molar-refractivity contribution in [2.24, 2.45) is 0 Å². The fraction of sp³-hybridized carbons (Fsp3) is 0.409. The number of aromatic nitrogens is 1. The number of benzene rings is 1. The zero-order chi connectivity index (χ0) is 21.0. The molecular weight excluding hydrogens is 379 g/mol. The van der Waals surface area contributed by atoms with Crippen molar-refractivity contribution in [1.29, 1.82) is 0 Å². The number of fused-ring (bicyclic) bond motifs is 1. The maximum Gasteiger partial charge on any atom is 0.422 e. The number of pyridine rings is 1. The van der Waals surface area contributed by atoms with Crippen LogP contribution >= 0.6 is 0 Å². The Bertz CT molecular complexity index is 893. The Labute approximate surface area is 169 Å². The number of unbranched alkanes of at least 4 members (excludes halogenated alkanes) is 1. The highest BCUT2D eigenvalue weighted by Gasteiger charge is 2.29. The van der Waals surface area contributed by atoms with E-state index < -0.39 is 12.8 Å². The third kappa shape index (κ3) is 5.02. The fourth-order valence-corrected chi connectivity index (χ4v) is 3.57. The molecule has 1 aliphatic rings. The van der Waals surface area contributed by atoms with E-state index in [4.69, 9.17) is 4.74 Å². The van der Waals surface area contributed by atoms with E-state index in [0.29, 0.717) is 12.1 Å². The highest BCUT2D eigenvalue weighted by Crippen LogP contribution is 2.37. The zero-order valence-electron chi connectivity index (χ0n) is 16.9. The lowest BCUT2D eigenvalue weighted by Gasteiger charge is -2.21.